The van der Waals surface area contributed by atoms with Crippen molar-refractivity contribution < 1.29 is 24.4 Å². The molecule has 26 heavy (non-hydrogen) atoms. The van der Waals surface area contributed by atoms with Crippen molar-refractivity contribution in [3.8, 4) is 11.5 Å². The predicted octanol–water partition coefficient (Wildman–Crippen LogP) is 2.53. The minimum absolute atomic E-state index is 0.0727. The van der Waals surface area contributed by atoms with Crippen molar-refractivity contribution in [1.82, 2.24) is 0 Å². The molecule has 0 saturated carbocycles. The van der Waals surface area contributed by atoms with Crippen molar-refractivity contribution in [1.29, 1.82) is 0 Å². The van der Waals surface area contributed by atoms with E-state index in [1.165, 1.54) is 6.92 Å². The van der Waals surface area contributed by atoms with E-state index in [9.17, 15) is 9.59 Å². The van der Waals surface area contributed by atoms with Gasteiger partial charge in [-0.3, -0.25) is 9.59 Å². The molecule has 1 amide bonds. The molecule has 136 valence electrons. The standard InChI is InChI=1S/C19H19ClN2O4/c1-11(13-4-3-5-14(20)6-13)21-9-19(24)22-16-8-18-17(25-10-26-18)7-15(16)12(2)23/h3-8,11,21H,9-10H2,1-2H3,(H,22,24)/p+1/t11-/m1/s1. The quantitative estimate of drug-likeness (QED) is 0.760. The molecule has 0 bridgehead atoms. The third kappa shape index (κ3) is 4.15. The van der Waals surface area contributed by atoms with Crippen LogP contribution < -0.4 is 20.1 Å². The number of fused-ring (bicyclic) bond motifs is 1. The number of nitrogens with two attached hydrogens (primary N) is 1. The number of carbonyl (C=O) groups excluding carboxylic acids is 2. The molecule has 2 aromatic carbocycles. The molecule has 1 aliphatic rings. The van der Waals surface area contributed by atoms with E-state index in [2.05, 4.69) is 5.32 Å². The number of ether oxygens (including phenoxy) is 2. The lowest BCUT2D eigenvalue weighted by molar-refractivity contribution is -0.682. The lowest BCUT2D eigenvalue weighted by Gasteiger charge is -2.13. The van der Waals surface area contributed by atoms with Gasteiger partial charge in [0, 0.05) is 22.2 Å². The summed E-state index contributed by atoms with van der Waals surface area (Å²) in [6, 6.07) is 10.8. The van der Waals surface area contributed by atoms with Crippen LogP contribution in [0.5, 0.6) is 11.5 Å². The largest absolute Gasteiger partial charge is 0.454 e. The Hall–Kier alpha value is -2.57. The van der Waals surface area contributed by atoms with Crippen molar-refractivity contribution in [2.75, 3.05) is 18.7 Å². The molecule has 0 fully saturated rings. The third-order valence-electron chi connectivity index (χ3n) is 4.20. The monoisotopic (exact) mass is 375 g/mol. The Morgan fingerprint density at radius 2 is 1.96 bits per heavy atom. The second-order valence-corrected chi connectivity index (χ2v) is 6.58. The van der Waals surface area contributed by atoms with Crippen LogP contribution in [0.25, 0.3) is 0 Å². The molecular weight excluding hydrogens is 356 g/mol. The Balaban J connectivity index is 1.66. The van der Waals surface area contributed by atoms with E-state index in [1.807, 2.05) is 36.5 Å². The van der Waals surface area contributed by atoms with Crippen molar-refractivity contribution >= 4 is 29.0 Å². The summed E-state index contributed by atoms with van der Waals surface area (Å²) < 4.78 is 10.6. The van der Waals surface area contributed by atoms with Crippen LogP contribution in [0, 0.1) is 0 Å². The molecular formula is C19H20ClN2O4+. The average Bonchev–Trinajstić information content (AvgIpc) is 3.06. The molecule has 1 heterocycles. The van der Waals surface area contributed by atoms with Gasteiger partial charge < -0.3 is 20.1 Å². The number of Topliss-reactive ketones (excluding diaryl/α,β-unsaturated/α-hetero) is 1. The number of nitrogens with one attached hydrogen (secondary N) is 1. The Labute approximate surface area is 156 Å². The third-order valence-corrected chi connectivity index (χ3v) is 4.43. The van der Waals surface area contributed by atoms with Gasteiger partial charge in [-0.05, 0) is 32.0 Å². The fraction of sp³-hybridized carbons (Fsp3) is 0.263. The highest BCUT2D eigenvalue weighted by atomic mass is 35.5. The molecule has 6 nitrogen and oxygen atoms in total. The van der Waals surface area contributed by atoms with Crippen LogP contribution in [-0.2, 0) is 4.79 Å². The maximum Gasteiger partial charge on any atom is 0.279 e. The highest BCUT2D eigenvalue weighted by Gasteiger charge is 2.21. The topological polar surface area (TPSA) is 81.2 Å². The summed E-state index contributed by atoms with van der Waals surface area (Å²) in [6.45, 7) is 3.76. The summed E-state index contributed by atoms with van der Waals surface area (Å²) >= 11 is 6.01. The number of quaternary nitrogens is 1. The van der Waals surface area contributed by atoms with Gasteiger partial charge in [0.1, 0.15) is 6.04 Å². The summed E-state index contributed by atoms with van der Waals surface area (Å²) in [5.41, 5.74) is 1.86. The summed E-state index contributed by atoms with van der Waals surface area (Å²) in [5.74, 6) is 0.658. The zero-order valence-electron chi connectivity index (χ0n) is 14.5. The number of rotatable bonds is 6. The summed E-state index contributed by atoms with van der Waals surface area (Å²) in [5, 5.41) is 5.36. The van der Waals surface area contributed by atoms with Gasteiger partial charge in [0.05, 0.1) is 5.69 Å². The van der Waals surface area contributed by atoms with Gasteiger partial charge in [0.2, 0.25) is 6.79 Å². The highest BCUT2D eigenvalue weighted by Crippen LogP contribution is 2.37. The van der Waals surface area contributed by atoms with E-state index in [-0.39, 0.29) is 31.1 Å². The first kappa shape index (κ1) is 18.2. The Kier molecular flexibility index (Phi) is 5.44. The van der Waals surface area contributed by atoms with E-state index in [0.717, 1.165) is 5.56 Å². The number of amides is 1. The van der Waals surface area contributed by atoms with Crippen molar-refractivity contribution in [3.63, 3.8) is 0 Å². The van der Waals surface area contributed by atoms with E-state index < -0.39 is 0 Å². The molecule has 3 rings (SSSR count). The van der Waals surface area contributed by atoms with Gasteiger partial charge in [-0.15, -0.1) is 0 Å². The summed E-state index contributed by atoms with van der Waals surface area (Å²) in [4.78, 5) is 24.2. The summed E-state index contributed by atoms with van der Waals surface area (Å²) in [6.07, 6.45) is 0. The van der Waals surface area contributed by atoms with Crippen molar-refractivity contribution in [3.05, 3.63) is 52.5 Å². The average molecular weight is 376 g/mol. The Morgan fingerprint density at radius 1 is 1.23 bits per heavy atom. The minimum atomic E-state index is -0.208. The van der Waals surface area contributed by atoms with Crippen LogP contribution in [0.15, 0.2) is 36.4 Å². The zero-order valence-corrected chi connectivity index (χ0v) is 15.3. The smallest absolute Gasteiger partial charge is 0.279 e. The molecule has 0 saturated heterocycles. The minimum Gasteiger partial charge on any atom is -0.454 e. The SMILES string of the molecule is CC(=O)c1cc2c(cc1NC(=O)C[NH2+][C@H](C)c1cccc(Cl)c1)OCO2. The molecule has 0 unspecified atom stereocenters. The molecule has 3 N–H and O–H groups in total. The maximum atomic E-state index is 12.3. The van der Waals surface area contributed by atoms with Gasteiger partial charge in [-0.2, -0.15) is 0 Å². The molecule has 0 aliphatic carbocycles. The molecule has 1 atom stereocenters. The number of hydrogen-bond donors (Lipinski definition) is 2. The first-order chi connectivity index (χ1) is 12.4. The van der Waals surface area contributed by atoms with E-state index >= 15 is 0 Å². The second-order valence-electron chi connectivity index (χ2n) is 6.14. The van der Waals surface area contributed by atoms with E-state index in [0.29, 0.717) is 27.8 Å². The fourth-order valence-corrected chi connectivity index (χ4v) is 2.95. The predicted molar refractivity (Wildman–Crippen MR) is 97.9 cm³/mol. The number of benzene rings is 2. The van der Waals surface area contributed by atoms with Gasteiger partial charge in [-0.1, -0.05) is 23.7 Å². The Bertz CT molecular complexity index is 853. The first-order valence-electron chi connectivity index (χ1n) is 8.27. The normalized spacial score (nSPS) is 13.3. The van der Waals surface area contributed by atoms with Gasteiger partial charge >= 0.3 is 0 Å². The fourth-order valence-electron chi connectivity index (χ4n) is 2.75. The van der Waals surface area contributed by atoms with Gasteiger partial charge in [-0.25, -0.2) is 0 Å². The first-order valence-corrected chi connectivity index (χ1v) is 8.65. The number of halogens is 1. The summed E-state index contributed by atoms with van der Waals surface area (Å²) in [7, 11) is 0. The van der Waals surface area contributed by atoms with Crippen molar-refractivity contribution in [2.24, 2.45) is 0 Å². The highest BCUT2D eigenvalue weighted by molar-refractivity contribution is 6.30. The number of carbonyl (C=O) groups is 2. The molecule has 1 aliphatic heterocycles. The van der Waals surface area contributed by atoms with E-state index in [1.54, 1.807) is 12.1 Å². The van der Waals surface area contributed by atoms with Crippen LogP contribution in [0.2, 0.25) is 5.02 Å². The van der Waals surface area contributed by atoms with Crippen LogP contribution in [0.4, 0.5) is 5.69 Å². The zero-order chi connectivity index (χ0) is 18.7. The van der Waals surface area contributed by atoms with Crippen LogP contribution in [0.1, 0.15) is 35.8 Å². The molecule has 0 aromatic heterocycles. The van der Waals surface area contributed by atoms with Gasteiger partial charge in [0.15, 0.2) is 23.8 Å². The maximum absolute atomic E-state index is 12.3. The van der Waals surface area contributed by atoms with E-state index in [4.69, 9.17) is 21.1 Å². The second kappa shape index (κ2) is 7.76. The van der Waals surface area contributed by atoms with Crippen LogP contribution in [-0.4, -0.2) is 25.0 Å². The molecule has 0 radical (unpaired) electrons. The molecule has 2 aromatic rings. The number of anilines is 1. The lowest BCUT2D eigenvalue weighted by atomic mass is 10.1. The number of hydrogen-bond acceptors (Lipinski definition) is 4. The number of ketones is 1. The van der Waals surface area contributed by atoms with Crippen LogP contribution in [0.3, 0.4) is 0 Å². The molecule has 0 spiro atoms. The van der Waals surface area contributed by atoms with Crippen molar-refractivity contribution in [2.45, 2.75) is 19.9 Å². The Morgan fingerprint density at radius 3 is 2.65 bits per heavy atom. The molecule has 7 heteroatoms. The lowest BCUT2D eigenvalue weighted by Crippen LogP contribution is -2.86. The van der Waals surface area contributed by atoms with Crippen LogP contribution >= 0.6 is 11.6 Å². The van der Waals surface area contributed by atoms with Gasteiger partial charge in [0.25, 0.3) is 5.91 Å².